The van der Waals surface area contributed by atoms with Gasteiger partial charge in [-0.15, -0.1) is 0 Å². The van der Waals surface area contributed by atoms with Crippen LogP contribution in [0.3, 0.4) is 0 Å². The van der Waals surface area contributed by atoms with E-state index in [-0.39, 0.29) is 17.1 Å². The Morgan fingerprint density at radius 2 is 1.79 bits per heavy atom. The van der Waals surface area contributed by atoms with Crippen LogP contribution in [0.2, 0.25) is 0 Å². The molecule has 0 aliphatic carbocycles. The summed E-state index contributed by atoms with van der Waals surface area (Å²) < 4.78 is 26.0. The predicted octanol–water partition coefficient (Wildman–Crippen LogP) is 3.84. The van der Waals surface area contributed by atoms with E-state index in [1.807, 2.05) is 12.1 Å². The molecular formula is C22H28N2O3S. The molecule has 1 N–H and O–H groups in total. The summed E-state index contributed by atoms with van der Waals surface area (Å²) in [5.41, 5.74) is 3.39. The lowest BCUT2D eigenvalue weighted by atomic mass is 9.87. The van der Waals surface area contributed by atoms with Gasteiger partial charge in [-0.3, -0.25) is 9.10 Å². The Morgan fingerprint density at radius 1 is 1.07 bits per heavy atom. The van der Waals surface area contributed by atoms with Crippen molar-refractivity contribution in [2.24, 2.45) is 0 Å². The highest BCUT2D eigenvalue weighted by Crippen LogP contribution is 2.25. The van der Waals surface area contributed by atoms with Gasteiger partial charge in [0.05, 0.1) is 11.4 Å². The third-order valence-electron chi connectivity index (χ3n) is 5.02. The molecule has 0 aromatic heterocycles. The molecule has 3 rings (SSSR count). The van der Waals surface area contributed by atoms with Gasteiger partial charge < -0.3 is 5.32 Å². The number of benzene rings is 2. The van der Waals surface area contributed by atoms with Gasteiger partial charge in [-0.2, -0.15) is 0 Å². The first-order chi connectivity index (χ1) is 13.2. The van der Waals surface area contributed by atoms with Crippen molar-refractivity contribution in [3.8, 4) is 0 Å². The minimum atomic E-state index is -3.29. The smallest absolute Gasteiger partial charge is 0.251 e. The average Bonchev–Trinajstić information content (AvgIpc) is 2.65. The van der Waals surface area contributed by atoms with Gasteiger partial charge >= 0.3 is 0 Å². The largest absolute Gasteiger partial charge is 0.348 e. The van der Waals surface area contributed by atoms with E-state index in [1.54, 1.807) is 24.3 Å². The molecule has 28 heavy (non-hydrogen) atoms. The minimum absolute atomic E-state index is 0.0943. The summed E-state index contributed by atoms with van der Waals surface area (Å²) in [6.07, 6.45) is 1.52. The quantitative estimate of drug-likeness (QED) is 0.848. The molecular weight excluding hydrogens is 372 g/mol. The monoisotopic (exact) mass is 400 g/mol. The molecule has 1 amide bonds. The summed E-state index contributed by atoms with van der Waals surface area (Å²) in [6, 6.07) is 15.1. The fraction of sp³-hybridized carbons (Fsp3) is 0.409. The van der Waals surface area contributed by atoms with E-state index in [1.165, 1.54) is 9.87 Å². The van der Waals surface area contributed by atoms with E-state index < -0.39 is 10.0 Å². The maximum absolute atomic E-state index is 12.6. The van der Waals surface area contributed by atoms with Crippen LogP contribution < -0.4 is 9.62 Å². The van der Waals surface area contributed by atoms with Gasteiger partial charge in [-0.1, -0.05) is 51.1 Å². The summed E-state index contributed by atoms with van der Waals surface area (Å²) >= 11 is 0. The van der Waals surface area contributed by atoms with Crippen LogP contribution >= 0.6 is 0 Å². The van der Waals surface area contributed by atoms with Gasteiger partial charge in [0.1, 0.15) is 0 Å². The fourth-order valence-corrected chi connectivity index (χ4v) is 4.92. The number of hydrogen-bond acceptors (Lipinski definition) is 3. The van der Waals surface area contributed by atoms with Crippen LogP contribution in [0.5, 0.6) is 0 Å². The molecule has 2 aromatic rings. The van der Waals surface area contributed by atoms with E-state index in [0.717, 1.165) is 12.0 Å². The van der Waals surface area contributed by atoms with Gasteiger partial charge in [0, 0.05) is 18.7 Å². The van der Waals surface area contributed by atoms with E-state index >= 15 is 0 Å². The van der Waals surface area contributed by atoms with Crippen molar-refractivity contribution in [3.05, 3.63) is 65.2 Å². The molecule has 6 heteroatoms. The first kappa shape index (κ1) is 20.4. The third-order valence-corrected chi connectivity index (χ3v) is 6.89. The van der Waals surface area contributed by atoms with Gasteiger partial charge in [0.2, 0.25) is 10.0 Å². The number of carbonyl (C=O) groups excluding carboxylic acids is 1. The number of nitrogens with one attached hydrogen (secondary N) is 1. The number of hydrogen-bond donors (Lipinski definition) is 1. The van der Waals surface area contributed by atoms with E-state index in [2.05, 4.69) is 38.2 Å². The van der Waals surface area contributed by atoms with Crippen LogP contribution in [-0.4, -0.2) is 26.6 Å². The van der Waals surface area contributed by atoms with Gasteiger partial charge in [0.15, 0.2) is 0 Å². The highest BCUT2D eigenvalue weighted by atomic mass is 32.2. The normalized spacial score (nSPS) is 16.6. The summed E-state index contributed by atoms with van der Waals surface area (Å²) in [5, 5.41) is 2.92. The molecule has 0 bridgehead atoms. The second-order valence-corrected chi connectivity index (χ2v) is 10.3. The predicted molar refractivity (Wildman–Crippen MR) is 113 cm³/mol. The summed E-state index contributed by atoms with van der Waals surface area (Å²) in [5.74, 6) is -0.0512. The Hall–Kier alpha value is -2.34. The zero-order valence-electron chi connectivity index (χ0n) is 16.7. The standard InChI is InChI=1S/C22H28N2O3S/c1-22(2,3)19-11-9-17(10-12-19)16-23-21(25)18-7-6-8-20(15-18)24-13-4-5-14-28(24,26)27/h6-12,15H,4-5,13-14,16H2,1-3H3,(H,23,25). The second-order valence-electron chi connectivity index (χ2n) is 8.28. The van der Waals surface area contributed by atoms with Crippen LogP contribution in [0, 0.1) is 0 Å². The molecule has 0 radical (unpaired) electrons. The Balaban J connectivity index is 1.68. The van der Waals surface area contributed by atoms with E-state index in [9.17, 15) is 13.2 Å². The average molecular weight is 401 g/mol. The molecule has 1 heterocycles. The number of nitrogens with zero attached hydrogens (tertiary/aromatic N) is 1. The first-order valence-electron chi connectivity index (χ1n) is 9.65. The number of sulfonamides is 1. The van der Waals surface area contributed by atoms with Crippen LogP contribution in [-0.2, 0) is 22.0 Å². The fourth-order valence-electron chi connectivity index (χ4n) is 3.29. The highest BCUT2D eigenvalue weighted by molar-refractivity contribution is 7.92. The molecule has 2 aromatic carbocycles. The maximum atomic E-state index is 12.6. The number of rotatable bonds is 4. The lowest BCUT2D eigenvalue weighted by Crippen LogP contribution is -2.38. The van der Waals surface area contributed by atoms with Crippen LogP contribution in [0.1, 0.15) is 55.1 Å². The molecule has 0 unspecified atom stereocenters. The van der Waals surface area contributed by atoms with E-state index in [4.69, 9.17) is 0 Å². The summed E-state index contributed by atoms with van der Waals surface area (Å²) in [7, 11) is -3.29. The topological polar surface area (TPSA) is 66.5 Å². The minimum Gasteiger partial charge on any atom is -0.348 e. The number of carbonyl (C=O) groups is 1. The van der Waals surface area contributed by atoms with Crippen molar-refractivity contribution in [1.29, 1.82) is 0 Å². The number of amides is 1. The Bertz CT molecular complexity index is 944. The zero-order valence-corrected chi connectivity index (χ0v) is 17.6. The van der Waals surface area contributed by atoms with Crippen LogP contribution in [0.4, 0.5) is 5.69 Å². The molecule has 0 atom stereocenters. The molecule has 0 saturated carbocycles. The van der Waals surface area contributed by atoms with Gasteiger partial charge in [0.25, 0.3) is 5.91 Å². The van der Waals surface area contributed by atoms with Crippen molar-refractivity contribution in [2.45, 2.75) is 45.6 Å². The van der Waals surface area contributed by atoms with Crippen molar-refractivity contribution in [3.63, 3.8) is 0 Å². The summed E-state index contributed by atoms with van der Waals surface area (Å²) in [4.78, 5) is 12.6. The lowest BCUT2D eigenvalue weighted by Gasteiger charge is -2.28. The molecule has 5 nitrogen and oxygen atoms in total. The molecule has 150 valence electrons. The van der Waals surface area contributed by atoms with Gasteiger partial charge in [-0.05, 0) is 47.6 Å². The SMILES string of the molecule is CC(C)(C)c1ccc(CNC(=O)c2cccc(N3CCCCS3(=O)=O)c2)cc1. The van der Waals surface area contributed by atoms with Crippen molar-refractivity contribution < 1.29 is 13.2 Å². The van der Waals surface area contributed by atoms with Crippen LogP contribution in [0.25, 0.3) is 0 Å². The molecule has 1 aliphatic heterocycles. The molecule has 1 saturated heterocycles. The van der Waals surface area contributed by atoms with Crippen molar-refractivity contribution >= 4 is 21.6 Å². The molecule has 1 aliphatic rings. The van der Waals surface area contributed by atoms with Crippen LogP contribution in [0.15, 0.2) is 48.5 Å². The molecule has 1 fully saturated rings. The third kappa shape index (κ3) is 4.73. The maximum Gasteiger partial charge on any atom is 0.251 e. The first-order valence-corrected chi connectivity index (χ1v) is 11.3. The lowest BCUT2D eigenvalue weighted by molar-refractivity contribution is 0.0951. The molecule has 0 spiro atoms. The summed E-state index contributed by atoms with van der Waals surface area (Å²) in [6.45, 7) is 7.39. The van der Waals surface area contributed by atoms with Crippen molar-refractivity contribution in [1.82, 2.24) is 5.32 Å². The second kappa shape index (κ2) is 7.95. The zero-order chi connectivity index (χ0) is 20.4. The Kier molecular flexibility index (Phi) is 5.79. The number of anilines is 1. The highest BCUT2D eigenvalue weighted by Gasteiger charge is 2.26. The Morgan fingerprint density at radius 3 is 2.43 bits per heavy atom. The Labute approximate surface area is 167 Å². The van der Waals surface area contributed by atoms with Gasteiger partial charge in [-0.25, -0.2) is 8.42 Å². The van der Waals surface area contributed by atoms with Crippen molar-refractivity contribution in [2.75, 3.05) is 16.6 Å². The van der Waals surface area contributed by atoms with E-state index in [0.29, 0.717) is 30.8 Å².